The molecule has 2 unspecified atom stereocenters. The summed E-state index contributed by atoms with van der Waals surface area (Å²) in [5, 5.41) is 0. The Morgan fingerprint density at radius 3 is 2.32 bits per heavy atom. The Balaban J connectivity index is 1.56. The van der Waals surface area contributed by atoms with Crippen molar-refractivity contribution in [2.45, 2.75) is 44.8 Å². The molecule has 2 aliphatic heterocycles. The number of nitrogens with two attached hydrogens (primary N) is 1. The Kier molecular flexibility index (Phi) is 3.65. The van der Waals surface area contributed by atoms with Crippen molar-refractivity contribution >= 4 is 11.4 Å². The second-order valence-corrected chi connectivity index (χ2v) is 5.98. The van der Waals surface area contributed by atoms with Gasteiger partial charge in [-0.05, 0) is 62.8 Å². The predicted octanol–water partition coefficient (Wildman–Crippen LogP) is 3.05. The Bertz CT molecular complexity index is 409. The number of anilines is 2. The van der Waals surface area contributed by atoms with Crippen LogP contribution in [0.15, 0.2) is 24.3 Å². The quantitative estimate of drug-likeness (QED) is 0.831. The highest BCUT2D eigenvalue weighted by Gasteiger charge is 2.32. The smallest absolute Gasteiger partial charge is 0.0609 e. The molecule has 2 aliphatic rings. The minimum absolute atomic E-state index is 0.472. The number of piperidine rings is 1. The summed E-state index contributed by atoms with van der Waals surface area (Å²) in [7, 11) is 0. The van der Waals surface area contributed by atoms with E-state index < -0.39 is 0 Å². The summed E-state index contributed by atoms with van der Waals surface area (Å²) >= 11 is 0. The van der Waals surface area contributed by atoms with Crippen LogP contribution in [-0.2, 0) is 4.74 Å². The summed E-state index contributed by atoms with van der Waals surface area (Å²) < 4.78 is 6.02. The summed E-state index contributed by atoms with van der Waals surface area (Å²) in [6.45, 7) is 4.48. The summed E-state index contributed by atoms with van der Waals surface area (Å²) in [6.07, 6.45) is 5.99. The van der Waals surface area contributed by atoms with Gasteiger partial charge in [-0.1, -0.05) is 0 Å². The van der Waals surface area contributed by atoms with Crippen LogP contribution < -0.4 is 10.6 Å². The average Bonchev–Trinajstić information content (AvgIpc) is 2.87. The number of nitrogen functional groups attached to an aromatic ring is 1. The topological polar surface area (TPSA) is 38.5 Å². The molecule has 2 saturated heterocycles. The molecule has 0 bridgehead atoms. The molecule has 0 aromatic heterocycles. The van der Waals surface area contributed by atoms with E-state index in [0.717, 1.165) is 24.7 Å². The van der Waals surface area contributed by atoms with Gasteiger partial charge in [-0.3, -0.25) is 0 Å². The molecular weight excluding hydrogens is 236 g/mol. The van der Waals surface area contributed by atoms with E-state index in [4.69, 9.17) is 10.5 Å². The number of hydrogen-bond donors (Lipinski definition) is 1. The molecule has 2 heterocycles. The second-order valence-electron chi connectivity index (χ2n) is 5.98. The molecule has 3 heteroatoms. The molecule has 2 N–H and O–H groups in total. The predicted molar refractivity (Wildman–Crippen MR) is 79.4 cm³/mol. The molecule has 2 atom stereocenters. The normalized spacial score (nSPS) is 28.8. The molecule has 3 nitrogen and oxygen atoms in total. The van der Waals surface area contributed by atoms with Gasteiger partial charge in [-0.25, -0.2) is 0 Å². The van der Waals surface area contributed by atoms with Crippen molar-refractivity contribution in [3.8, 4) is 0 Å². The van der Waals surface area contributed by atoms with Crippen LogP contribution in [0.1, 0.15) is 32.6 Å². The Morgan fingerprint density at radius 2 is 1.74 bits per heavy atom. The first-order chi connectivity index (χ1) is 9.22. The Labute approximate surface area is 115 Å². The van der Waals surface area contributed by atoms with Gasteiger partial charge in [0.25, 0.3) is 0 Å². The van der Waals surface area contributed by atoms with Crippen molar-refractivity contribution in [2.75, 3.05) is 23.7 Å². The standard InChI is InChI=1S/C16H24N2O/c1-12-2-7-16(19-12)13-8-10-18(11-9-13)15-5-3-14(17)4-6-15/h3-6,12-13,16H,2,7-11,17H2,1H3. The van der Waals surface area contributed by atoms with Crippen LogP contribution in [0.3, 0.4) is 0 Å². The van der Waals surface area contributed by atoms with Gasteiger partial charge in [0.1, 0.15) is 0 Å². The van der Waals surface area contributed by atoms with E-state index in [1.54, 1.807) is 0 Å². The van der Waals surface area contributed by atoms with E-state index in [-0.39, 0.29) is 0 Å². The van der Waals surface area contributed by atoms with E-state index in [9.17, 15) is 0 Å². The number of nitrogens with zero attached hydrogens (tertiary/aromatic N) is 1. The molecule has 0 saturated carbocycles. The minimum atomic E-state index is 0.472. The van der Waals surface area contributed by atoms with E-state index in [2.05, 4.69) is 24.0 Å². The number of hydrogen-bond acceptors (Lipinski definition) is 3. The molecule has 0 radical (unpaired) electrons. The van der Waals surface area contributed by atoms with Crippen LogP contribution in [0, 0.1) is 5.92 Å². The molecule has 0 spiro atoms. The average molecular weight is 260 g/mol. The lowest BCUT2D eigenvalue weighted by atomic mass is 9.89. The lowest BCUT2D eigenvalue weighted by Gasteiger charge is -2.36. The van der Waals surface area contributed by atoms with Crippen molar-refractivity contribution in [2.24, 2.45) is 5.92 Å². The summed E-state index contributed by atoms with van der Waals surface area (Å²) in [6, 6.07) is 8.24. The van der Waals surface area contributed by atoms with Crippen molar-refractivity contribution in [3.63, 3.8) is 0 Å². The Hall–Kier alpha value is -1.22. The lowest BCUT2D eigenvalue weighted by Crippen LogP contribution is -2.37. The number of rotatable bonds is 2. The maximum absolute atomic E-state index is 6.02. The van der Waals surface area contributed by atoms with E-state index in [1.807, 2.05) is 12.1 Å². The van der Waals surface area contributed by atoms with E-state index >= 15 is 0 Å². The maximum atomic E-state index is 6.02. The van der Waals surface area contributed by atoms with E-state index in [1.165, 1.54) is 31.4 Å². The van der Waals surface area contributed by atoms with Crippen LogP contribution in [0.4, 0.5) is 11.4 Å². The van der Waals surface area contributed by atoms with Gasteiger partial charge in [-0.15, -0.1) is 0 Å². The molecule has 3 rings (SSSR count). The highest BCUT2D eigenvalue weighted by atomic mass is 16.5. The molecule has 1 aromatic rings. The van der Waals surface area contributed by atoms with Gasteiger partial charge in [0.15, 0.2) is 0 Å². The molecule has 1 aromatic carbocycles. The molecule has 19 heavy (non-hydrogen) atoms. The Morgan fingerprint density at radius 1 is 1.05 bits per heavy atom. The summed E-state index contributed by atoms with van der Waals surface area (Å²) in [5.74, 6) is 0.759. The first-order valence-electron chi connectivity index (χ1n) is 7.48. The van der Waals surface area contributed by atoms with Gasteiger partial charge in [0, 0.05) is 24.5 Å². The fourth-order valence-corrected chi connectivity index (χ4v) is 3.39. The molecule has 0 amide bonds. The zero-order valence-electron chi connectivity index (χ0n) is 11.7. The lowest BCUT2D eigenvalue weighted by molar-refractivity contribution is 0.0123. The number of ether oxygens (including phenoxy) is 1. The van der Waals surface area contributed by atoms with Crippen LogP contribution in [-0.4, -0.2) is 25.3 Å². The first-order valence-corrected chi connectivity index (χ1v) is 7.48. The third-order valence-corrected chi connectivity index (χ3v) is 4.59. The van der Waals surface area contributed by atoms with Crippen molar-refractivity contribution in [1.82, 2.24) is 0 Å². The molecule has 104 valence electrons. The molecule has 0 aliphatic carbocycles. The van der Waals surface area contributed by atoms with Gasteiger partial charge < -0.3 is 15.4 Å². The van der Waals surface area contributed by atoms with Gasteiger partial charge in [0.2, 0.25) is 0 Å². The first kappa shape index (κ1) is 12.8. The molecule has 2 fully saturated rings. The van der Waals surface area contributed by atoms with E-state index in [0.29, 0.717) is 12.2 Å². The maximum Gasteiger partial charge on any atom is 0.0609 e. The van der Waals surface area contributed by atoms with Crippen molar-refractivity contribution in [1.29, 1.82) is 0 Å². The summed E-state index contributed by atoms with van der Waals surface area (Å²) in [4.78, 5) is 2.47. The fourth-order valence-electron chi connectivity index (χ4n) is 3.39. The molecular formula is C16H24N2O. The van der Waals surface area contributed by atoms with Crippen LogP contribution in [0.25, 0.3) is 0 Å². The third kappa shape index (κ3) is 2.86. The van der Waals surface area contributed by atoms with Crippen molar-refractivity contribution in [3.05, 3.63) is 24.3 Å². The van der Waals surface area contributed by atoms with Gasteiger partial charge in [-0.2, -0.15) is 0 Å². The zero-order valence-corrected chi connectivity index (χ0v) is 11.7. The highest BCUT2D eigenvalue weighted by Crippen LogP contribution is 2.33. The monoisotopic (exact) mass is 260 g/mol. The SMILES string of the molecule is CC1CCC(C2CCN(c3ccc(N)cc3)CC2)O1. The zero-order chi connectivity index (χ0) is 13.2. The second kappa shape index (κ2) is 5.41. The van der Waals surface area contributed by atoms with Crippen LogP contribution >= 0.6 is 0 Å². The number of benzene rings is 1. The van der Waals surface area contributed by atoms with Gasteiger partial charge >= 0.3 is 0 Å². The van der Waals surface area contributed by atoms with Gasteiger partial charge in [0.05, 0.1) is 12.2 Å². The highest BCUT2D eigenvalue weighted by molar-refractivity contribution is 5.53. The van der Waals surface area contributed by atoms with Crippen LogP contribution in [0.5, 0.6) is 0 Å². The minimum Gasteiger partial charge on any atom is -0.399 e. The third-order valence-electron chi connectivity index (χ3n) is 4.59. The largest absolute Gasteiger partial charge is 0.399 e. The van der Waals surface area contributed by atoms with Crippen LogP contribution in [0.2, 0.25) is 0 Å². The summed E-state index contributed by atoms with van der Waals surface area (Å²) in [5.41, 5.74) is 7.88. The van der Waals surface area contributed by atoms with Crippen molar-refractivity contribution < 1.29 is 4.74 Å². The fraction of sp³-hybridized carbons (Fsp3) is 0.625.